The third-order valence-electron chi connectivity index (χ3n) is 2.56. The molecule has 0 saturated heterocycles. The zero-order valence-electron chi connectivity index (χ0n) is 9.51. The summed E-state index contributed by atoms with van der Waals surface area (Å²) in [6, 6.07) is 4.45. The molecule has 2 rings (SSSR count). The van der Waals surface area contributed by atoms with Crippen LogP contribution < -0.4 is 4.74 Å². The molecule has 1 aliphatic rings. The molecule has 3 heteroatoms. The maximum atomic E-state index is 13.1. The minimum atomic E-state index is -0.293. The first-order valence-corrected chi connectivity index (χ1v) is 6.30. The number of rotatable bonds is 4. The lowest BCUT2D eigenvalue weighted by atomic mass is 10.2. The molecular formula is C14H14ClFO. The first kappa shape index (κ1) is 12.3. The Hall–Kier alpha value is -1.20. The molecule has 17 heavy (non-hydrogen) atoms. The van der Waals surface area contributed by atoms with Gasteiger partial charge in [0.1, 0.15) is 11.6 Å². The van der Waals surface area contributed by atoms with E-state index in [1.165, 1.54) is 25.0 Å². The van der Waals surface area contributed by atoms with E-state index in [9.17, 15) is 4.39 Å². The average molecular weight is 253 g/mol. The standard InChI is InChI=1S/C14H14ClFO/c15-8-2-1-3-12-6-7-13(16)9-14(12)17-10-11-4-5-11/h6-7,9,11H,2,4-5,8,10H2. The number of ether oxygens (including phenoxy) is 1. The highest BCUT2D eigenvalue weighted by atomic mass is 35.5. The molecular weight excluding hydrogens is 239 g/mol. The molecule has 1 aliphatic carbocycles. The van der Waals surface area contributed by atoms with Gasteiger partial charge in [-0.1, -0.05) is 11.8 Å². The van der Waals surface area contributed by atoms with Gasteiger partial charge in [0.25, 0.3) is 0 Å². The van der Waals surface area contributed by atoms with Crippen molar-refractivity contribution in [3.8, 4) is 17.6 Å². The minimum absolute atomic E-state index is 0.293. The van der Waals surface area contributed by atoms with Crippen LogP contribution in [-0.4, -0.2) is 12.5 Å². The molecule has 0 aliphatic heterocycles. The number of alkyl halides is 1. The summed E-state index contributed by atoms with van der Waals surface area (Å²) >= 11 is 5.55. The minimum Gasteiger partial charge on any atom is -0.492 e. The fourth-order valence-corrected chi connectivity index (χ4v) is 1.51. The molecule has 1 aromatic carbocycles. The molecule has 90 valence electrons. The fraction of sp³-hybridized carbons (Fsp3) is 0.429. The summed E-state index contributed by atoms with van der Waals surface area (Å²) in [5.74, 6) is 7.28. The Bertz CT molecular complexity index is 443. The summed E-state index contributed by atoms with van der Waals surface area (Å²) in [6.45, 7) is 0.660. The summed E-state index contributed by atoms with van der Waals surface area (Å²) in [5.41, 5.74) is 0.733. The second-order valence-corrected chi connectivity index (χ2v) is 4.51. The summed E-state index contributed by atoms with van der Waals surface area (Å²) in [7, 11) is 0. The van der Waals surface area contributed by atoms with Gasteiger partial charge in [0.2, 0.25) is 0 Å². The van der Waals surface area contributed by atoms with Crippen molar-refractivity contribution in [2.24, 2.45) is 5.92 Å². The van der Waals surface area contributed by atoms with E-state index < -0.39 is 0 Å². The first-order chi connectivity index (χ1) is 8.29. The van der Waals surface area contributed by atoms with Gasteiger partial charge in [0.15, 0.2) is 0 Å². The molecule has 0 N–H and O–H groups in total. The van der Waals surface area contributed by atoms with Gasteiger partial charge in [-0.3, -0.25) is 0 Å². The lowest BCUT2D eigenvalue weighted by Crippen LogP contribution is -2.01. The molecule has 1 aromatic rings. The molecule has 1 saturated carbocycles. The van der Waals surface area contributed by atoms with Crippen molar-refractivity contribution in [3.05, 3.63) is 29.6 Å². The van der Waals surface area contributed by atoms with Crippen molar-refractivity contribution < 1.29 is 9.13 Å². The predicted molar refractivity (Wildman–Crippen MR) is 66.8 cm³/mol. The maximum Gasteiger partial charge on any atom is 0.137 e. The van der Waals surface area contributed by atoms with Gasteiger partial charge >= 0.3 is 0 Å². The Labute approximate surface area is 106 Å². The van der Waals surface area contributed by atoms with Crippen molar-refractivity contribution in [1.82, 2.24) is 0 Å². The smallest absolute Gasteiger partial charge is 0.137 e. The zero-order valence-corrected chi connectivity index (χ0v) is 10.3. The number of hydrogen-bond donors (Lipinski definition) is 0. The highest BCUT2D eigenvalue weighted by Crippen LogP contribution is 2.30. The normalized spacial score (nSPS) is 14.0. The fourth-order valence-electron chi connectivity index (χ4n) is 1.42. The second-order valence-electron chi connectivity index (χ2n) is 4.14. The Balaban J connectivity index is 2.09. The highest BCUT2D eigenvalue weighted by molar-refractivity contribution is 6.18. The zero-order chi connectivity index (χ0) is 12.1. The van der Waals surface area contributed by atoms with E-state index in [2.05, 4.69) is 11.8 Å². The van der Waals surface area contributed by atoms with E-state index in [1.807, 2.05) is 0 Å². The van der Waals surface area contributed by atoms with Gasteiger partial charge in [-0.2, -0.15) is 0 Å². The SMILES string of the molecule is Fc1ccc(C#CCCCl)c(OCC2CC2)c1. The summed E-state index contributed by atoms with van der Waals surface area (Å²) in [4.78, 5) is 0. The molecule has 0 spiro atoms. The Kier molecular flexibility index (Phi) is 4.28. The van der Waals surface area contributed by atoms with Crippen LogP contribution in [0.3, 0.4) is 0 Å². The topological polar surface area (TPSA) is 9.23 Å². The molecule has 0 atom stereocenters. The molecule has 0 unspecified atom stereocenters. The summed E-state index contributed by atoms with van der Waals surface area (Å²) < 4.78 is 18.7. The van der Waals surface area contributed by atoms with Crippen LogP contribution in [0.4, 0.5) is 4.39 Å². The molecule has 0 aromatic heterocycles. The van der Waals surface area contributed by atoms with Gasteiger partial charge < -0.3 is 4.74 Å². The van der Waals surface area contributed by atoms with Crippen molar-refractivity contribution in [2.45, 2.75) is 19.3 Å². The van der Waals surface area contributed by atoms with Crippen molar-refractivity contribution in [3.63, 3.8) is 0 Å². The molecule has 1 fully saturated rings. The van der Waals surface area contributed by atoms with Gasteiger partial charge in [0, 0.05) is 18.4 Å². The van der Waals surface area contributed by atoms with Gasteiger partial charge in [-0.15, -0.1) is 11.6 Å². The second kappa shape index (κ2) is 5.93. The van der Waals surface area contributed by atoms with Crippen LogP contribution in [0.5, 0.6) is 5.75 Å². The van der Waals surface area contributed by atoms with Crippen LogP contribution in [0.2, 0.25) is 0 Å². The van der Waals surface area contributed by atoms with E-state index in [0.717, 1.165) is 5.56 Å². The van der Waals surface area contributed by atoms with Gasteiger partial charge in [0.05, 0.1) is 12.2 Å². The van der Waals surface area contributed by atoms with E-state index in [0.29, 0.717) is 30.6 Å². The quantitative estimate of drug-likeness (QED) is 0.588. The predicted octanol–water partition coefficient (Wildman–Crippen LogP) is 3.59. The van der Waals surface area contributed by atoms with E-state index in [4.69, 9.17) is 16.3 Å². The third kappa shape index (κ3) is 3.94. The average Bonchev–Trinajstić information content (AvgIpc) is 3.13. The Morgan fingerprint density at radius 2 is 2.24 bits per heavy atom. The molecule has 0 heterocycles. The molecule has 1 nitrogen and oxygen atoms in total. The lowest BCUT2D eigenvalue weighted by molar-refractivity contribution is 0.297. The van der Waals surface area contributed by atoms with Crippen LogP contribution in [0.1, 0.15) is 24.8 Å². The van der Waals surface area contributed by atoms with E-state index in [-0.39, 0.29) is 5.82 Å². The molecule has 0 amide bonds. The third-order valence-corrected chi connectivity index (χ3v) is 2.75. The Morgan fingerprint density at radius 3 is 2.94 bits per heavy atom. The highest BCUT2D eigenvalue weighted by Gasteiger charge is 2.22. The van der Waals surface area contributed by atoms with E-state index in [1.54, 1.807) is 6.07 Å². The van der Waals surface area contributed by atoms with Crippen LogP contribution >= 0.6 is 11.6 Å². The summed E-state index contributed by atoms with van der Waals surface area (Å²) in [5, 5.41) is 0. The lowest BCUT2D eigenvalue weighted by Gasteiger charge is -2.07. The Morgan fingerprint density at radius 1 is 1.41 bits per heavy atom. The summed E-state index contributed by atoms with van der Waals surface area (Å²) in [6.07, 6.45) is 3.05. The monoisotopic (exact) mass is 252 g/mol. The van der Waals surface area contributed by atoms with Crippen LogP contribution in [0.15, 0.2) is 18.2 Å². The number of halogens is 2. The van der Waals surface area contributed by atoms with Crippen molar-refractivity contribution >= 4 is 11.6 Å². The van der Waals surface area contributed by atoms with Gasteiger partial charge in [-0.05, 0) is 30.9 Å². The molecule has 0 radical (unpaired) electrons. The number of benzene rings is 1. The van der Waals surface area contributed by atoms with Crippen LogP contribution in [0.25, 0.3) is 0 Å². The largest absolute Gasteiger partial charge is 0.492 e. The van der Waals surface area contributed by atoms with Crippen molar-refractivity contribution in [2.75, 3.05) is 12.5 Å². The molecule has 0 bridgehead atoms. The van der Waals surface area contributed by atoms with E-state index >= 15 is 0 Å². The van der Waals surface area contributed by atoms with Gasteiger partial charge in [-0.25, -0.2) is 4.39 Å². The number of hydrogen-bond acceptors (Lipinski definition) is 1. The van der Waals surface area contributed by atoms with Crippen LogP contribution in [0, 0.1) is 23.6 Å². The van der Waals surface area contributed by atoms with Crippen LogP contribution in [-0.2, 0) is 0 Å². The first-order valence-electron chi connectivity index (χ1n) is 5.77. The van der Waals surface area contributed by atoms with Crippen molar-refractivity contribution in [1.29, 1.82) is 0 Å². The maximum absolute atomic E-state index is 13.1.